The van der Waals surface area contributed by atoms with Crippen LogP contribution >= 0.6 is 0 Å². The molecule has 0 bridgehead atoms. The molecule has 2 N–H and O–H groups in total. The number of carbonyl (C=O) groups is 2. The lowest BCUT2D eigenvalue weighted by molar-refractivity contribution is -0.136. The average Bonchev–Trinajstić information content (AvgIpc) is 3.30. The number of hydrazine groups is 1. The Morgan fingerprint density at radius 2 is 1.65 bits per heavy atom. The van der Waals surface area contributed by atoms with E-state index >= 15 is 0 Å². The van der Waals surface area contributed by atoms with Crippen molar-refractivity contribution in [1.29, 1.82) is 0 Å². The second kappa shape index (κ2) is 7.52. The lowest BCUT2D eigenvalue weighted by atomic mass is 9.95. The van der Waals surface area contributed by atoms with E-state index in [4.69, 9.17) is 0 Å². The molecular formula is C26H23N3O2. The van der Waals surface area contributed by atoms with Crippen LogP contribution in [0.5, 0.6) is 0 Å². The maximum Gasteiger partial charge on any atom is 0.261 e. The minimum atomic E-state index is -0.246. The second-order valence-corrected chi connectivity index (χ2v) is 7.82. The van der Waals surface area contributed by atoms with Crippen LogP contribution in [0.2, 0.25) is 0 Å². The minimum absolute atomic E-state index is 0.237. The van der Waals surface area contributed by atoms with Gasteiger partial charge in [0.2, 0.25) is 0 Å². The van der Waals surface area contributed by atoms with Gasteiger partial charge in [-0.05, 0) is 46.5 Å². The molecular weight excluding hydrogens is 386 g/mol. The molecule has 0 saturated carbocycles. The van der Waals surface area contributed by atoms with E-state index in [1.807, 2.05) is 24.3 Å². The van der Waals surface area contributed by atoms with Gasteiger partial charge in [0.05, 0.1) is 5.57 Å². The van der Waals surface area contributed by atoms with Crippen molar-refractivity contribution in [3.8, 4) is 0 Å². The third-order valence-electron chi connectivity index (χ3n) is 6.13. The van der Waals surface area contributed by atoms with Crippen molar-refractivity contribution in [1.82, 2.24) is 15.8 Å². The molecule has 0 spiro atoms. The number of likely N-dealkylation sites (tertiary alicyclic amines) is 1. The smallest absolute Gasteiger partial charge is 0.261 e. The molecule has 5 rings (SSSR count). The van der Waals surface area contributed by atoms with Crippen molar-refractivity contribution < 1.29 is 9.59 Å². The van der Waals surface area contributed by atoms with Gasteiger partial charge in [-0.3, -0.25) is 14.5 Å². The van der Waals surface area contributed by atoms with Gasteiger partial charge >= 0.3 is 0 Å². The number of fused-ring (bicyclic) bond motifs is 2. The number of rotatable bonds is 3. The summed E-state index contributed by atoms with van der Waals surface area (Å²) in [6.07, 6.45) is 2.32. The van der Waals surface area contributed by atoms with Gasteiger partial charge in [-0.2, -0.15) is 0 Å². The minimum Gasteiger partial charge on any atom is -0.321 e. The number of benzene rings is 3. The van der Waals surface area contributed by atoms with Crippen LogP contribution in [0.25, 0.3) is 21.5 Å². The van der Waals surface area contributed by atoms with Crippen molar-refractivity contribution in [3.63, 3.8) is 0 Å². The Labute approximate surface area is 180 Å². The first-order valence-electron chi connectivity index (χ1n) is 10.4. The molecule has 154 valence electrons. The zero-order valence-electron chi connectivity index (χ0n) is 17.4. The molecule has 2 amide bonds. The van der Waals surface area contributed by atoms with E-state index in [0.29, 0.717) is 36.4 Å². The fourth-order valence-electron chi connectivity index (χ4n) is 4.62. The van der Waals surface area contributed by atoms with Gasteiger partial charge in [0, 0.05) is 29.9 Å². The van der Waals surface area contributed by atoms with Gasteiger partial charge in [0.1, 0.15) is 0 Å². The van der Waals surface area contributed by atoms with Crippen molar-refractivity contribution in [2.24, 2.45) is 0 Å². The van der Waals surface area contributed by atoms with Crippen molar-refractivity contribution >= 4 is 33.4 Å². The highest BCUT2D eigenvalue weighted by molar-refractivity contribution is 6.25. The molecule has 3 aromatic rings. The molecule has 2 fully saturated rings. The highest BCUT2D eigenvalue weighted by atomic mass is 16.2. The Hall–Kier alpha value is -3.70. The van der Waals surface area contributed by atoms with Crippen LogP contribution < -0.4 is 10.9 Å². The number of carbonyl (C=O) groups excluding carboxylic acids is 2. The van der Waals surface area contributed by atoms with Crippen LogP contribution in [0.15, 0.2) is 89.7 Å². The first kappa shape index (κ1) is 19.3. The van der Waals surface area contributed by atoms with Crippen molar-refractivity contribution in [2.45, 2.75) is 13.3 Å². The van der Waals surface area contributed by atoms with E-state index in [9.17, 15) is 9.59 Å². The zero-order valence-corrected chi connectivity index (χ0v) is 17.4. The third kappa shape index (κ3) is 3.05. The molecule has 31 heavy (non-hydrogen) atoms. The molecule has 2 saturated heterocycles. The van der Waals surface area contributed by atoms with Gasteiger partial charge in [-0.1, -0.05) is 61.2 Å². The number of amides is 2. The highest BCUT2D eigenvalue weighted by Gasteiger charge is 2.40. The summed E-state index contributed by atoms with van der Waals surface area (Å²) >= 11 is 0. The SMILES string of the molecule is C=C1NNC/C1=C1\C(=O)N(CCc2c3ccccc3cc3ccccc23)C(=O)\C1=C\C. The predicted molar refractivity (Wildman–Crippen MR) is 123 cm³/mol. The van der Waals surface area contributed by atoms with Gasteiger partial charge in [0.15, 0.2) is 0 Å². The number of hydrogen-bond acceptors (Lipinski definition) is 4. The van der Waals surface area contributed by atoms with Gasteiger partial charge in [0.25, 0.3) is 11.8 Å². The average molecular weight is 409 g/mol. The monoisotopic (exact) mass is 409 g/mol. The predicted octanol–water partition coefficient (Wildman–Crippen LogP) is 3.77. The standard InChI is InChI=1S/C26H23N3O2/c1-3-19-24(23-15-27-28-16(23)2)26(31)29(25(19)30)13-12-22-20-10-6-4-8-17(20)14-18-9-5-7-11-21(18)22/h3-11,14,27-28H,2,12-13,15H2,1H3/b19-3+,24-23+. The number of nitrogens with one attached hydrogen (secondary N) is 2. The third-order valence-corrected chi connectivity index (χ3v) is 6.13. The Morgan fingerprint density at radius 1 is 1.00 bits per heavy atom. The van der Waals surface area contributed by atoms with Gasteiger partial charge in [-0.15, -0.1) is 0 Å². The van der Waals surface area contributed by atoms with E-state index < -0.39 is 0 Å². The summed E-state index contributed by atoms with van der Waals surface area (Å²) in [7, 11) is 0. The summed E-state index contributed by atoms with van der Waals surface area (Å²) in [5, 5.41) is 4.63. The fraction of sp³-hybridized carbons (Fsp3) is 0.154. The van der Waals surface area contributed by atoms with E-state index in [1.54, 1.807) is 13.0 Å². The molecule has 0 unspecified atom stereocenters. The first-order valence-corrected chi connectivity index (χ1v) is 10.4. The quantitative estimate of drug-likeness (QED) is 0.393. The Bertz CT molecular complexity index is 1280. The van der Waals surface area contributed by atoms with Crippen LogP contribution in [-0.2, 0) is 16.0 Å². The van der Waals surface area contributed by atoms with E-state index in [-0.39, 0.29) is 11.8 Å². The molecule has 2 aliphatic rings. The Balaban J connectivity index is 1.54. The summed E-state index contributed by atoms with van der Waals surface area (Å²) < 4.78 is 0. The number of imide groups is 1. The van der Waals surface area contributed by atoms with Gasteiger partial charge < -0.3 is 5.43 Å². The van der Waals surface area contributed by atoms with E-state index in [1.165, 1.54) is 4.90 Å². The van der Waals surface area contributed by atoms with Crippen LogP contribution in [0.4, 0.5) is 0 Å². The maximum absolute atomic E-state index is 13.3. The van der Waals surface area contributed by atoms with Gasteiger partial charge in [-0.25, -0.2) is 5.43 Å². The largest absolute Gasteiger partial charge is 0.321 e. The van der Waals surface area contributed by atoms with E-state index in [2.05, 4.69) is 47.8 Å². The summed E-state index contributed by atoms with van der Waals surface area (Å²) in [5.41, 5.74) is 9.36. The molecule has 0 atom stereocenters. The summed E-state index contributed by atoms with van der Waals surface area (Å²) in [6.45, 7) is 6.54. The molecule has 5 nitrogen and oxygen atoms in total. The molecule has 5 heteroatoms. The summed E-state index contributed by atoms with van der Waals surface area (Å²) in [6, 6.07) is 18.7. The second-order valence-electron chi connectivity index (χ2n) is 7.82. The van der Waals surface area contributed by atoms with Crippen LogP contribution in [0, 0.1) is 0 Å². The summed E-state index contributed by atoms with van der Waals surface area (Å²) in [5.74, 6) is -0.483. The van der Waals surface area contributed by atoms with Crippen molar-refractivity contribution in [2.75, 3.05) is 13.1 Å². The first-order chi connectivity index (χ1) is 15.1. The number of hydrogen-bond donors (Lipinski definition) is 2. The lowest BCUT2D eigenvalue weighted by Gasteiger charge is -2.16. The number of allylic oxidation sites excluding steroid dienone is 1. The Morgan fingerprint density at radius 3 is 2.23 bits per heavy atom. The molecule has 2 aliphatic heterocycles. The van der Waals surface area contributed by atoms with Crippen LogP contribution in [0.3, 0.4) is 0 Å². The Kier molecular flexibility index (Phi) is 4.68. The molecule has 3 aromatic carbocycles. The lowest BCUT2D eigenvalue weighted by Crippen LogP contribution is -2.32. The molecule has 2 heterocycles. The molecule has 0 aromatic heterocycles. The zero-order chi connectivity index (χ0) is 21.5. The fourth-order valence-corrected chi connectivity index (χ4v) is 4.62. The van der Waals surface area contributed by atoms with Crippen molar-refractivity contribution in [3.05, 3.63) is 95.2 Å². The topological polar surface area (TPSA) is 61.4 Å². The highest BCUT2D eigenvalue weighted by Crippen LogP contribution is 2.33. The molecule has 0 radical (unpaired) electrons. The van der Waals surface area contributed by atoms with Crippen LogP contribution in [0.1, 0.15) is 12.5 Å². The van der Waals surface area contributed by atoms with E-state index in [0.717, 1.165) is 32.7 Å². The maximum atomic E-state index is 13.3. The normalized spacial score (nSPS) is 20.5. The molecule has 0 aliphatic carbocycles. The number of nitrogens with zero attached hydrogens (tertiary/aromatic N) is 1. The van der Waals surface area contributed by atoms with Crippen LogP contribution in [-0.4, -0.2) is 29.8 Å². The summed E-state index contributed by atoms with van der Waals surface area (Å²) in [4.78, 5) is 27.8.